The summed E-state index contributed by atoms with van der Waals surface area (Å²) in [6.07, 6.45) is 6.09. The molecule has 0 amide bonds. The number of pyridine rings is 2. The number of hydrogen-bond donors (Lipinski definition) is 2. The zero-order valence-corrected chi connectivity index (χ0v) is 16.9. The quantitative estimate of drug-likeness (QED) is 0.840. The molecule has 1 aliphatic heterocycles. The largest absolute Gasteiger partial charge is 0.315 e. The first-order chi connectivity index (χ1) is 13.9. The monoisotopic (exact) mass is 382 g/mol. The van der Waals surface area contributed by atoms with E-state index in [9.17, 15) is 0 Å². The van der Waals surface area contributed by atoms with Crippen molar-refractivity contribution in [1.29, 1.82) is 0 Å². The Morgan fingerprint density at radius 2 is 1.14 bits per heavy atom. The molecule has 0 saturated carbocycles. The second kappa shape index (κ2) is 12.6. The molecular weight excluding hydrogens is 348 g/mol. The Labute approximate surface area is 169 Å². The molecule has 1 saturated heterocycles. The second-order valence-electron chi connectivity index (χ2n) is 7.40. The van der Waals surface area contributed by atoms with E-state index in [0.717, 1.165) is 89.7 Å². The lowest BCUT2D eigenvalue weighted by Gasteiger charge is -2.25. The van der Waals surface area contributed by atoms with Gasteiger partial charge in [-0.2, -0.15) is 0 Å². The lowest BCUT2D eigenvalue weighted by atomic mass is 10.2. The van der Waals surface area contributed by atoms with Crippen molar-refractivity contribution in [3.05, 3.63) is 60.2 Å². The van der Waals surface area contributed by atoms with Crippen molar-refractivity contribution in [1.82, 2.24) is 30.4 Å². The zero-order chi connectivity index (χ0) is 19.3. The fourth-order valence-electron chi connectivity index (χ4n) is 3.56. The second-order valence-corrected chi connectivity index (χ2v) is 7.40. The Kier molecular flexibility index (Phi) is 9.37. The van der Waals surface area contributed by atoms with E-state index in [0.29, 0.717) is 0 Å². The molecule has 3 heterocycles. The molecule has 1 aliphatic rings. The van der Waals surface area contributed by atoms with Gasteiger partial charge in [0.1, 0.15) is 0 Å². The van der Waals surface area contributed by atoms with Crippen LogP contribution >= 0.6 is 0 Å². The van der Waals surface area contributed by atoms with Gasteiger partial charge >= 0.3 is 0 Å². The van der Waals surface area contributed by atoms with Gasteiger partial charge in [-0.05, 0) is 63.3 Å². The first kappa shape index (κ1) is 20.9. The van der Waals surface area contributed by atoms with Crippen LogP contribution in [0.25, 0.3) is 0 Å². The van der Waals surface area contributed by atoms with Gasteiger partial charge in [0, 0.05) is 51.7 Å². The molecule has 0 bridgehead atoms. The minimum Gasteiger partial charge on any atom is -0.315 e. The average Bonchev–Trinajstić information content (AvgIpc) is 2.73. The highest BCUT2D eigenvalue weighted by atomic mass is 15.2. The fourth-order valence-corrected chi connectivity index (χ4v) is 3.56. The maximum atomic E-state index is 4.48. The van der Waals surface area contributed by atoms with Gasteiger partial charge in [0.2, 0.25) is 0 Å². The Bertz CT molecular complexity index is 562. The maximum absolute atomic E-state index is 4.48. The van der Waals surface area contributed by atoms with Gasteiger partial charge in [0.15, 0.2) is 0 Å². The first-order valence-corrected chi connectivity index (χ1v) is 10.6. The lowest BCUT2D eigenvalue weighted by Crippen LogP contribution is -2.38. The highest BCUT2D eigenvalue weighted by Crippen LogP contribution is 2.04. The van der Waals surface area contributed by atoms with E-state index in [1.54, 1.807) is 0 Å². The van der Waals surface area contributed by atoms with Gasteiger partial charge < -0.3 is 10.6 Å². The molecule has 0 aromatic carbocycles. The summed E-state index contributed by atoms with van der Waals surface area (Å²) < 4.78 is 0. The van der Waals surface area contributed by atoms with Gasteiger partial charge in [-0.1, -0.05) is 12.1 Å². The lowest BCUT2D eigenvalue weighted by molar-refractivity contribution is 0.238. The van der Waals surface area contributed by atoms with Crippen LogP contribution in [0.1, 0.15) is 24.2 Å². The Balaban J connectivity index is 1.45. The molecule has 3 rings (SSSR count). The van der Waals surface area contributed by atoms with Crippen molar-refractivity contribution in [2.75, 3.05) is 52.4 Å². The van der Waals surface area contributed by atoms with Gasteiger partial charge in [0.05, 0.1) is 11.4 Å². The van der Waals surface area contributed by atoms with E-state index in [2.05, 4.69) is 54.7 Å². The summed E-state index contributed by atoms with van der Waals surface area (Å²) in [5.41, 5.74) is 2.31. The molecule has 0 atom stereocenters. The summed E-state index contributed by atoms with van der Waals surface area (Å²) in [5.74, 6) is 0. The van der Waals surface area contributed by atoms with Crippen molar-refractivity contribution in [3.63, 3.8) is 0 Å². The zero-order valence-electron chi connectivity index (χ0n) is 16.9. The molecule has 6 nitrogen and oxygen atoms in total. The van der Waals surface area contributed by atoms with Crippen molar-refractivity contribution < 1.29 is 0 Å². The standard InChI is InChI=1S/C22H34N6/c1-3-11-25-21(7-1)19-27-15-5-9-24-14-18-28(16-6-10-23-13-17-27)20-22-8-2-4-12-26-22/h1-4,7-8,11-12,23-24H,5-6,9-10,13-20H2. The molecule has 2 aromatic heterocycles. The van der Waals surface area contributed by atoms with Crippen LogP contribution in [-0.4, -0.2) is 72.1 Å². The molecule has 0 radical (unpaired) electrons. The number of nitrogens with one attached hydrogen (secondary N) is 2. The topological polar surface area (TPSA) is 56.3 Å². The third-order valence-corrected chi connectivity index (χ3v) is 5.09. The van der Waals surface area contributed by atoms with E-state index < -0.39 is 0 Å². The van der Waals surface area contributed by atoms with Crippen LogP contribution in [-0.2, 0) is 13.1 Å². The molecule has 2 aromatic rings. The number of hydrogen-bond acceptors (Lipinski definition) is 6. The van der Waals surface area contributed by atoms with Gasteiger partial charge in [-0.25, -0.2) is 0 Å². The molecular formula is C22H34N6. The van der Waals surface area contributed by atoms with E-state index in [1.165, 1.54) is 0 Å². The molecule has 152 valence electrons. The summed E-state index contributed by atoms with van der Waals surface area (Å²) in [4.78, 5) is 14.0. The third-order valence-electron chi connectivity index (χ3n) is 5.09. The van der Waals surface area contributed by atoms with Crippen molar-refractivity contribution in [2.24, 2.45) is 0 Å². The van der Waals surface area contributed by atoms with Gasteiger partial charge in [-0.15, -0.1) is 0 Å². The Morgan fingerprint density at radius 3 is 1.57 bits per heavy atom. The van der Waals surface area contributed by atoms with Crippen molar-refractivity contribution >= 4 is 0 Å². The van der Waals surface area contributed by atoms with Crippen LogP contribution in [0.15, 0.2) is 48.8 Å². The van der Waals surface area contributed by atoms with E-state index >= 15 is 0 Å². The summed E-state index contributed by atoms with van der Waals surface area (Å²) in [6, 6.07) is 12.3. The van der Waals surface area contributed by atoms with Crippen LogP contribution in [0, 0.1) is 0 Å². The van der Waals surface area contributed by atoms with Crippen molar-refractivity contribution in [2.45, 2.75) is 25.9 Å². The Hall–Kier alpha value is -1.86. The van der Waals surface area contributed by atoms with Crippen LogP contribution in [0.4, 0.5) is 0 Å². The maximum Gasteiger partial charge on any atom is 0.0543 e. The minimum absolute atomic E-state index is 0.931. The van der Waals surface area contributed by atoms with E-state index in [-0.39, 0.29) is 0 Å². The number of rotatable bonds is 4. The van der Waals surface area contributed by atoms with Crippen LogP contribution in [0.5, 0.6) is 0 Å². The smallest absolute Gasteiger partial charge is 0.0543 e. The minimum atomic E-state index is 0.931. The number of nitrogens with zero attached hydrogens (tertiary/aromatic N) is 4. The summed E-state index contributed by atoms with van der Waals surface area (Å²) in [5, 5.41) is 7.24. The predicted octanol–water partition coefficient (Wildman–Crippen LogP) is 1.75. The van der Waals surface area contributed by atoms with E-state index in [1.807, 2.05) is 24.5 Å². The summed E-state index contributed by atoms with van der Waals surface area (Å²) in [6.45, 7) is 10.4. The van der Waals surface area contributed by atoms with Crippen molar-refractivity contribution in [3.8, 4) is 0 Å². The van der Waals surface area contributed by atoms with E-state index in [4.69, 9.17) is 0 Å². The Morgan fingerprint density at radius 1 is 0.643 bits per heavy atom. The predicted molar refractivity (Wildman–Crippen MR) is 114 cm³/mol. The molecule has 0 unspecified atom stereocenters. The molecule has 1 fully saturated rings. The summed E-state index contributed by atoms with van der Waals surface area (Å²) >= 11 is 0. The van der Waals surface area contributed by atoms with Gasteiger partial charge in [0.25, 0.3) is 0 Å². The van der Waals surface area contributed by atoms with Crippen LogP contribution < -0.4 is 10.6 Å². The summed E-state index contributed by atoms with van der Waals surface area (Å²) in [7, 11) is 0. The highest BCUT2D eigenvalue weighted by Gasteiger charge is 2.09. The highest BCUT2D eigenvalue weighted by molar-refractivity contribution is 5.04. The molecule has 6 heteroatoms. The molecule has 2 N–H and O–H groups in total. The van der Waals surface area contributed by atoms with Crippen LogP contribution in [0.3, 0.4) is 0 Å². The SMILES string of the molecule is c1ccc(CN2CCCNCCN(Cc3ccccn3)CCCNCC2)nc1. The number of aromatic nitrogens is 2. The average molecular weight is 383 g/mol. The molecule has 0 aliphatic carbocycles. The van der Waals surface area contributed by atoms with Crippen LogP contribution in [0.2, 0.25) is 0 Å². The van der Waals surface area contributed by atoms with Gasteiger partial charge in [-0.3, -0.25) is 19.8 Å². The molecule has 28 heavy (non-hydrogen) atoms. The molecule has 0 spiro atoms. The fraction of sp³-hybridized carbons (Fsp3) is 0.545. The third kappa shape index (κ3) is 8.02. The first-order valence-electron chi connectivity index (χ1n) is 10.6. The normalized spacial score (nSPS) is 19.1.